The summed E-state index contributed by atoms with van der Waals surface area (Å²) in [5.41, 5.74) is 7.50. The molecule has 0 bridgehead atoms. The zero-order chi connectivity index (χ0) is 10.8. The van der Waals surface area contributed by atoms with Crippen LogP contribution in [0.15, 0.2) is 23.1 Å². The van der Waals surface area contributed by atoms with E-state index < -0.39 is 10.8 Å². The maximum absolute atomic E-state index is 12.1. The van der Waals surface area contributed by atoms with E-state index in [0.717, 1.165) is 16.2 Å². The van der Waals surface area contributed by atoms with Crippen LogP contribution >= 0.6 is 0 Å². The van der Waals surface area contributed by atoms with Crippen molar-refractivity contribution in [1.29, 1.82) is 0 Å². The Morgan fingerprint density at radius 3 is 2.80 bits per heavy atom. The van der Waals surface area contributed by atoms with Crippen molar-refractivity contribution in [2.45, 2.75) is 31.1 Å². The number of hydrogen-bond acceptors (Lipinski definition) is 2. The number of nitrogen functional groups attached to an aromatic ring is 1. The van der Waals surface area contributed by atoms with Crippen LogP contribution in [0.25, 0.3) is 0 Å². The van der Waals surface area contributed by atoms with E-state index in [1.807, 2.05) is 25.1 Å². The van der Waals surface area contributed by atoms with Crippen LogP contribution in [0.2, 0.25) is 0 Å². The average molecular weight is 223 g/mol. The lowest BCUT2D eigenvalue weighted by atomic mass is 9.87. The molecule has 0 spiro atoms. The first-order valence-electron chi connectivity index (χ1n) is 5.41. The van der Waals surface area contributed by atoms with Gasteiger partial charge in [-0.3, -0.25) is 4.21 Å². The van der Waals surface area contributed by atoms with Gasteiger partial charge in [-0.1, -0.05) is 12.5 Å². The molecule has 1 aliphatic carbocycles. The smallest absolute Gasteiger partial charge is 0.0535 e. The summed E-state index contributed by atoms with van der Waals surface area (Å²) in [6, 6.07) is 5.66. The molecule has 1 unspecified atom stereocenters. The molecule has 15 heavy (non-hydrogen) atoms. The molecule has 0 saturated heterocycles. The summed E-state index contributed by atoms with van der Waals surface area (Å²) in [7, 11) is -0.864. The number of hydrogen-bond donors (Lipinski definition) is 1. The van der Waals surface area contributed by atoms with E-state index in [4.69, 9.17) is 5.73 Å². The van der Waals surface area contributed by atoms with Crippen molar-refractivity contribution in [3.05, 3.63) is 23.8 Å². The molecule has 0 amide bonds. The van der Waals surface area contributed by atoms with Gasteiger partial charge in [0.15, 0.2) is 0 Å². The Bertz CT molecular complexity index is 385. The molecule has 1 fully saturated rings. The number of anilines is 1. The second-order valence-corrected chi connectivity index (χ2v) is 5.80. The highest BCUT2D eigenvalue weighted by Gasteiger charge is 2.21. The largest absolute Gasteiger partial charge is 0.399 e. The standard InChI is InChI=1S/C12H17NOS/c1-9-5-6-11(13)7-12(9)15(14)8-10-3-2-4-10/h5-7,10H,2-4,8,13H2,1H3. The predicted octanol–water partition coefficient (Wildman–Crippen LogP) is 2.48. The van der Waals surface area contributed by atoms with E-state index in [1.165, 1.54) is 19.3 Å². The lowest BCUT2D eigenvalue weighted by Gasteiger charge is -2.24. The zero-order valence-corrected chi connectivity index (χ0v) is 9.85. The molecule has 0 heterocycles. The Hall–Kier alpha value is -0.830. The van der Waals surface area contributed by atoms with Crippen LogP contribution < -0.4 is 5.73 Å². The van der Waals surface area contributed by atoms with Gasteiger partial charge in [-0.15, -0.1) is 0 Å². The summed E-state index contributed by atoms with van der Waals surface area (Å²) in [6.45, 7) is 1.99. The number of benzene rings is 1. The Morgan fingerprint density at radius 2 is 2.20 bits per heavy atom. The topological polar surface area (TPSA) is 43.1 Å². The first kappa shape index (κ1) is 10.7. The van der Waals surface area contributed by atoms with Gasteiger partial charge in [0.1, 0.15) is 0 Å². The summed E-state index contributed by atoms with van der Waals surface area (Å²) in [5, 5.41) is 0. The van der Waals surface area contributed by atoms with Gasteiger partial charge in [-0.05, 0) is 43.4 Å². The van der Waals surface area contributed by atoms with Crippen LogP contribution in [-0.2, 0) is 10.8 Å². The van der Waals surface area contributed by atoms with E-state index >= 15 is 0 Å². The molecule has 0 aromatic heterocycles. The third-order valence-electron chi connectivity index (χ3n) is 3.07. The quantitative estimate of drug-likeness (QED) is 0.800. The molecule has 2 rings (SSSR count). The first-order chi connectivity index (χ1) is 7.16. The third kappa shape index (κ3) is 2.40. The summed E-state index contributed by atoms with van der Waals surface area (Å²) in [4.78, 5) is 0.918. The highest BCUT2D eigenvalue weighted by molar-refractivity contribution is 7.85. The molecule has 1 atom stereocenters. The molecule has 1 aliphatic rings. The van der Waals surface area contributed by atoms with Gasteiger partial charge >= 0.3 is 0 Å². The highest BCUT2D eigenvalue weighted by Crippen LogP contribution is 2.29. The average Bonchev–Trinajstić information content (AvgIpc) is 2.15. The van der Waals surface area contributed by atoms with Crippen LogP contribution in [0.3, 0.4) is 0 Å². The van der Waals surface area contributed by atoms with E-state index in [9.17, 15) is 4.21 Å². The summed E-state index contributed by atoms with van der Waals surface area (Å²) in [5.74, 6) is 1.48. The van der Waals surface area contributed by atoms with Crippen molar-refractivity contribution in [1.82, 2.24) is 0 Å². The minimum atomic E-state index is -0.864. The molecule has 82 valence electrons. The molecule has 0 radical (unpaired) electrons. The van der Waals surface area contributed by atoms with Crippen LogP contribution in [0.5, 0.6) is 0 Å². The maximum atomic E-state index is 12.1. The van der Waals surface area contributed by atoms with Crippen LogP contribution in [0.4, 0.5) is 5.69 Å². The number of rotatable bonds is 3. The van der Waals surface area contributed by atoms with Gasteiger partial charge in [0.2, 0.25) is 0 Å². The maximum Gasteiger partial charge on any atom is 0.0535 e. The number of nitrogens with two attached hydrogens (primary N) is 1. The first-order valence-corrected chi connectivity index (χ1v) is 6.73. The van der Waals surface area contributed by atoms with Gasteiger partial charge in [-0.2, -0.15) is 0 Å². The second-order valence-electron chi connectivity index (χ2n) is 4.33. The van der Waals surface area contributed by atoms with Crippen molar-refractivity contribution in [3.63, 3.8) is 0 Å². The van der Waals surface area contributed by atoms with Gasteiger partial charge in [0, 0.05) is 16.3 Å². The van der Waals surface area contributed by atoms with E-state index in [1.54, 1.807) is 0 Å². The lowest BCUT2D eigenvalue weighted by Crippen LogP contribution is -2.19. The molecule has 0 aliphatic heterocycles. The Morgan fingerprint density at radius 1 is 1.47 bits per heavy atom. The van der Waals surface area contributed by atoms with Crippen molar-refractivity contribution >= 4 is 16.5 Å². The van der Waals surface area contributed by atoms with Gasteiger partial charge in [0.25, 0.3) is 0 Å². The molecule has 1 aromatic rings. The van der Waals surface area contributed by atoms with E-state index in [0.29, 0.717) is 11.6 Å². The minimum Gasteiger partial charge on any atom is -0.399 e. The zero-order valence-electron chi connectivity index (χ0n) is 9.03. The molecule has 1 aromatic carbocycles. The van der Waals surface area contributed by atoms with E-state index in [2.05, 4.69) is 0 Å². The molecule has 2 N–H and O–H groups in total. The normalized spacial score (nSPS) is 18.5. The monoisotopic (exact) mass is 223 g/mol. The van der Waals surface area contributed by atoms with Gasteiger partial charge < -0.3 is 5.73 Å². The Balaban J connectivity index is 2.12. The Kier molecular flexibility index (Phi) is 3.10. The molecule has 2 nitrogen and oxygen atoms in total. The summed E-state index contributed by atoms with van der Waals surface area (Å²) in [6.07, 6.45) is 3.79. The Labute approximate surface area is 93.3 Å². The van der Waals surface area contributed by atoms with Gasteiger partial charge in [0.05, 0.1) is 10.8 Å². The van der Waals surface area contributed by atoms with Crippen molar-refractivity contribution in [2.24, 2.45) is 5.92 Å². The SMILES string of the molecule is Cc1ccc(N)cc1S(=O)CC1CCC1. The minimum absolute atomic E-state index is 0.673. The van der Waals surface area contributed by atoms with Crippen molar-refractivity contribution in [3.8, 4) is 0 Å². The van der Waals surface area contributed by atoms with Gasteiger partial charge in [-0.25, -0.2) is 0 Å². The third-order valence-corrected chi connectivity index (χ3v) is 4.77. The van der Waals surface area contributed by atoms with Crippen LogP contribution in [-0.4, -0.2) is 9.96 Å². The van der Waals surface area contributed by atoms with Crippen molar-refractivity contribution < 1.29 is 4.21 Å². The molecule has 1 saturated carbocycles. The van der Waals surface area contributed by atoms with Crippen LogP contribution in [0.1, 0.15) is 24.8 Å². The summed E-state index contributed by atoms with van der Waals surface area (Å²) < 4.78 is 12.1. The fraction of sp³-hybridized carbons (Fsp3) is 0.500. The molecule has 3 heteroatoms. The number of aryl methyl sites for hydroxylation is 1. The van der Waals surface area contributed by atoms with Crippen LogP contribution in [0, 0.1) is 12.8 Å². The predicted molar refractivity (Wildman–Crippen MR) is 64.2 cm³/mol. The molecular weight excluding hydrogens is 206 g/mol. The van der Waals surface area contributed by atoms with Crippen molar-refractivity contribution in [2.75, 3.05) is 11.5 Å². The molecular formula is C12H17NOS. The fourth-order valence-corrected chi connectivity index (χ4v) is 3.46. The lowest BCUT2D eigenvalue weighted by molar-refractivity contribution is 0.350. The second kappa shape index (κ2) is 4.35. The fourth-order valence-electron chi connectivity index (χ4n) is 1.83. The summed E-state index contributed by atoms with van der Waals surface area (Å²) >= 11 is 0. The van der Waals surface area contributed by atoms with E-state index in [-0.39, 0.29) is 0 Å². The highest BCUT2D eigenvalue weighted by atomic mass is 32.2.